The summed E-state index contributed by atoms with van der Waals surface area (Å²) in [5.74, 6) is 0.924. The summed E-state index contributed by atoms with van der Waals surface area (Å²) in [5, 5.41) is 3.32. The molecule has 0 atom stereocenters. The van der Waals surface area contributed by atoms with Gasteiger partial charge in [-0.1, -0.05) is 37.3 Å². The molecule has 0 fully saturated rings. The van der Waals surface area contributed by atoms with E-state index in [-0.39, 0.29) is 0 Å². The van der Waals surface area contributed by atoms with Crippen molar-refractivity contribution in [1.29, 1.82) is 0 Å². The van der Waals surface area contributed by atoms with Crippen LogP contribution in [0.15, 0.2) is 42.5 Å². The van der Waals surface area contributed by atoms with Crippen LogP contribution in [0, 0.1) is 13.8 Å². The molecular formula is C18H23NO. The highest BCUT2D eigenvalue weighted by Crippen LogP contribution is 2.18. The van der Waals surface area contributed by atoms with Gasteiger partial charge in [-0.05, 0) is 54.8 Å². The van der Waals surface area contributed by atoms with E-state index < -0.39 is 0 Å². The van der Waals surface area contributed by atoms with Crippen LogP contribution < -0.4 is 10.1 Å². The third-order valence-corrected chi connectivity index (χ3v) is 3.53. The fourth-order valence-electron chi connectivity index (χ4n) is 2.21. The van der Waals surface area contributed by atoms with Crippen LogP contribution in [0.2, 0.25) is 0 Å². The van der Waals surface area contributed by atoms with Crippen molar-refractivity contribution >= 4 is 0 Å². The normalized spacial score (nSPS) is 10.6. The van der Waals surface area contributed by atoms with Crippen LogP contribution in [0.3, 0.4) is 0 Å². The maximum absolute atomic E-state index is 5.89. The van der Waals surface area contributed by atoms with Crippen LogP contribution in [-0.2, 0) is 13.2 Å². The van der Waals surface area contributed by atoms with Crippen LogP contribution in [0.1, 0.15) is 29.2 Å². The Bertz CT molecular complexity index is 526. The van der Waals surface area contributed by atoms with E-state index in [1.807, 2.05) is 12.1 Å². The lowest BCUT2D eigenvalue weighted by Crippen LogP contribution is -2.11. The van der Waals surface area contributed by atoms with Crippen LogP contribution in [0.4, 0.5) is 0 Å². The summed E-state index contributed by atoms with van der Waals surface area (Å²) in [6.45, 7) is 8.90. The van der Waals surface area contributed by atoms with Gasteiger partial charge >= 0.3 is 0 Å². The molecule has 20 heavy (non-hydrogen) atoms. The molecule has 0 bridgehead atoms. The Morgan fingerprint density at radius 1 is 0.950 bits per heavy atom. The maximum Gasteiger partial charge on any atom is 0.119 e. The first-order chi connectivity index (χ1) is 9.70. The van der Waals surface area contributed by atoms with Crippen LogP contribution in [0.5, 0.6) is 5.75 Å². The monoisotopic (exact) mass is 269 g/mol. The molecule has 2 aromatic rings. The van der Waals surface area contributed by atoms with Crippen molar-refractivity contribution in [3.63, 3.8) is 0 Å². The minimum absolute atomic E-state index is 0.630. The molecule has 0 aliphatic heterocycles. The van der Waals surface area contributed by atoms with E-state index >= 15 is 0 Å². The summed E-state index contributed by atoms with van der Waals surface area (Å²) in [6, 6.07) is 14.7. The van der Waals surface area contributed by atoms with Gasteiger partial charge in [-0.3, -0.25) is 0 Å². The number of aryl methyl sites for hydroxylation is 2. The summed E-state index contributed by atoms with van der Waals surface area (Å²) in [6.07, 6.45) is 0. The van der Waals surface area contributed by atoms with Gasteiger partial charge in [0, 0.05) is 6.54 Å². The summed E-state index contributed by atoms with van der Waals surface area (Å²) >= 11 is 0. The lowest BCUT2D eigenvalue weighted by atomic mass is 10.0. The molecule has 0 radical (unpaired) electrons. The van der Waals surface area contributed by atoms with Gasteiger partial charge in [0.25, 0.3) is 0 Å². The molecule has 2 heteroatoms. The zero-order valence-corrected chi connectivity index (χ0v) is 12.6. The van der Waals surface area contributed by atoms with Gasteiger partial charge in [-0.15, -0.1) is 0 Å². The molecule has 0 heterocycles. The molecular weight excluding hydrogens is 246 g/mol. The molecule has 2 rings (SSSR count). The minimum Gasteiger partial charge on any atom is -0.489 e. The largest absolute Gasteiger partial charge is 0.489 e. The Balaban J connectivity index is 1.97. The molecule has 0 aromatic heterocycles. The number of ether oxygens (including phenoxy) is 1. The van der Waals surface area contributed by atoms with Gasteiger partial charge in [0.05, 0.1) is 0 Å². The summed E-state index contributed by atoms with van der Waals surface area (Å²) in [7, 11) is 0. The topological polar surface area (TPSA) is 21.3 Å². The molecule has 106 valence electrons. The lowest BCUT2D eigenvalue weighted by Gasteiger charge is -2.12. The fraction of sp³-hybridized carbons (Fsp3) is 0.333. The quantitative estimate of drug-likeness (QED) is 0.856. The van der Waals surface area contributed by atoms with Crippen LogP contribution in [0.25, 0.3) is 0 Å². The molecule has 0 aliphatic carbocycles. The summed E-state index contributed by atoms with van der Waals surface area (Å²) < 4.78 is 5.89. The molecule has 0 saturated carbocycles. The molecule has 0 aliphatic rings. The first kappa shape index (κ1) is 14.6. The molecule has 0 amide bonds. The van der Waals surface area contributed by atoms with E-state index in [1.54, 1.807) is 0 Å². The first-order valence-corrected chi connectivity index (χ1v) is 7.18. The number of benzene rings is 2. The van der Waals surface area contributed by atoms with Gasteiger partial charge in [0.15, 0.2) is 0 Å². The highest BCUT2D eigenvalue weighted by Gasteiger charge is 2.03. The van der Waals surface area contributed by atoms with Gasteiger partial charge in [0.2, 0.25) is 0 Å². The molecule has 0 unspecified atom stereocenters. The Labute approximate surface area is 121 Å². The predicted octanol–water partition coefficient (Wildman–Crippen LogP) is 3.99. The Morgan fingerprint density at radius 3 is 2.20 bits per heavy atom. The lowest BCUT2D eigenvalue weighted by molar-refractivity contribution is 0.304. The third kappa shape index (κ3) is 3.84. The van der Waals surface area contributed by atoms with Crippen molar-refractivity contribution < 1.29 is 4.74 Å². The van der Waals surface area contributed by atoms with Gasteiger partial charge in [-0.25, -0.2) is 0 Å². The highest BCUT2D eigenvalue weighted by molar-refractivity contribution is 5.34. The maximum atomic E-state index is 5.89. The zero-order chi connectivity index (χ0) is 14.4. The van der Waals surface area contributed by atoms with Gasteiger partial charge < -0.3 is 10.1 Å². The number of hydrogen-bond acceptors (Lipinski definition) is 2. The van der Waals surface area contributed by atoms with Crippen molar-refractivity contribution in [1.82, 2.24) is 5.32 Å². The average Bonchev–Trinajstić information content (AvgIpc) is 2.46. The average molecular weight is 269 g/mol. The minimum atomic E-state index is 0.630. The Kier molecular flexibility index (Phi) is 5.19. The highest BCUT2D eigenvalue weighted by atomic mass is 16.5. The van der Waals surface area contributed by atoms with Crippen molar-refractivity contribution in [3.05, 3.63) is 64.7 Å². The SMILES string of the molecule is CCNCc1ccc(OCc2c(C)cccc2C)cc1. The third-order valence-electron chi connectivity index (χ3n) is 3.53. The smallest absolute Gasteiger partial charge is 0.119 e. The number of nitrogens with one attached hydrogen (secondary N) is 1. The van der Waals surface area contributed by atoms with Gasteiger partial charge in [-0.2, -0.15) is 0 Å². The van der Waals surface area contributed by atoms with E-state index in [0.717, 1.165) is 18.8 Å². The molecule has 0 saturated heterocycles. The van der Waals surface area contributed by atoms with E-state index in [9.17, 15) is 0 Å². The first-order valence-electron chi connectivity index (χ1n) is 7.18. The summed E-state index contributed by atoms with van der Waals surface area (Å²) in [4.78, 5) is 0. The van der Waals surface area contributed by atoms with E-state index in [4.69, 9.17) is 4.74 Å². The second-order valence-electron chi connectivity index (χ2n) is 5.08. The Hall–Kier alpha value is -1.80. The van der Waals surface area contributed by atoms with Crippen LogP contribution >= 0.6 is 0 Å². The second kappa shape index (κ2) is 7.11. The number of hydrogen-bond donors (Lipinski definition) is 1. The molecule has 2 nitrogen and oxygen atoms in total. The molecule has 0 spiro atoms. The van der Waals surface area contributed by atoms with E-state index in [2.05, 4.69) is 56.4 Å². The van der Waals surface area contributed by atoms with E-state index in [0.29, 0.717) is 6.61 Å². The van der Waals surface area contributed by atoms with Crippen LogP contribution in [-0.4, -0.2) is 6.54 Å². The fourth-order valence-corrected chi connectivity index (χ4v) is 2.21. The van der Waals surface area contributed by atoms with Gasteiger partial charge in [0.1, 0.15) is 12.4 Å². The standard InChI is InChI=1S/C18H23NO/c1-4-19-12-16-8-10-17(11-9-16)20-13-18-14(2)6-5-7-15(18)3/h5-11,19H,4,12-13H2,1-3H3. The van der Waals surface area contributed by atoms with E-state index in [1.165, 1.54) is 22.3 Å². The van der Waals surface area contributed by atoms with Crippen molar-refractivity contribution in [3.8, 4) is 5.75 Å². The zero-order valence-electron chi connectivity index (χ0n) is 12.6. The predicted molar refractivity (Wildman–Crippen MR) is 84.1 cm³/mol. The van der Waals surface area contributed by atoms with Crippen molar-refractivity contribution in [2.24, 2.45) is 0 Å². The summed E-state index contributed by atoms with van der Waals surface area (Å²) in [5.41, 5.74) is 5.14. The Morgan fingerprint density at radius 2 is 1.60 bits per heavy atom. The van der Waals surface area contributed by atoms with Crippen molar-refractivity contribution in [2.45, 2.75) is 33.9 Å². The molecule has 2 aromatic carbocycles. The molecule has 1 N–H and O–H groups in total. The van der Waals surface area contributed by atoms with Crippen molar-refractivity contribution in [2.75, 3.05) is 6.54 Å². The number of rotatable bonds is 6. The second-order valence-corrected chi connectivity index (χ2v) is 5.08.